The van der Waals surface area contributed by atoms with Crippen LogP contribution in [0.1, 0.15) is 22.3 Å². The van der Waals surface area contributed by atoms with Gasteiger partial charge in [0.25, 0.3) is 0 Å². The minimum absolute atomic E-state index is 0.166. The molecule has 1 aromatic heterocycles. The average molecular weight is 281 g/mol. The van der Waals surface area contributed by atoms with Crippen molar-refractivity contribution in [1.29, 1.82) is 0 Å². The zero-order valence-electron chi connectivity index (χ0n) is 11.4. The van der Waals surface area contributed by atoms with Gasteiger partial charge in [-0.1, -0.05) is 30.0 Å². The molecule has 0 amide bonds. The van der Waals surface area contributed by atoms with Gasteiger partial charge >= 0.3 is 0 Å². The number of benzene rings is 2. The van der Waals surface area contributed by atoms with Gasteiger partial charge in [-0.3, -0.25) is 0 Å². The van der Waals surface area contributed by atoms with E-state index < -0.39 is 0 Å². The van der Waals surface area contributed by atoms with Crippen molar-refractivity contribution in [2.45, 2.75) is 24.1 Å². The van der Waals surface area contributed by atoms with Crippen LogP contribution in [0.25, 0.3) is 11.0 Å². The quantitative estimate of drug-likeness (QED) is 0.658. The van der Waals surface area contributed by atoms with Crippen LogP contribution in [-0.2, 0) is 0 Å². The van der Waals surface area contributed by atoms with Gasteiger partial charge in [0.2, 0.25) is 0 Å². The number of para-hydroxylation sites is 1. The maximum Gasteiger partial charge on any atom is 0.138 e. The molecule has 3 aromatic rings. The Morgan fingerprint density at radius 1 is 1.10 bits per heavy atom. The van der Waals surface area contributed by atoms with E-state index in [-0.39, 0.29) is 5.37 Å². The molecule has 1 unspecified atom stereocenters. The zero-order valence-corrected chi connectivity index (χ0v) is 12.3. The molecule has 20 heavy (non-hydrogen) atoms. The van der Waals surface area contributed by atoms with Crippen molar-refractivity contribution in [2.75, 3.05) is 5.32 Å². The fourth-order valence-corrected chi connectivity index (χ4v) is 3.84. The topological polar surface area (TPSA) is 25.2 Å². The van der Waals surface area contributed by atoms with Gasteiger partial charge < -0.3 is 9.73 Å². The normalized spacial score (nSPS) is 17.2. The molecule has 100 valence electrons. The minimum atomic E-state index is 0.166. The summed E-state index contributed by atoms with van der Waals surface area (Å²) in [7, 11) is 0. The van der Waals surface area contributed by atoms with Crippen LogP contribution in [0.2, 0.25) is 0 Å². The van der Waals surface area contributed by atoms with Gasteiger partial charge in [-0.25, -0.2) is 0 Å². The molecule has 0 fully saturated rings. The molecule has 0 radical (unpaired) electrons. The van der Waals surface area contributed by atoms with Crippen LogP contribution >= 0.6 is 11.8 Å². The van der Waals surface area contributed by atoms with Gasteiger partial charge in [0.05, 0.1) is 0 Å². The van der Waals surface area contributed by atoms with Crippen LogP contribution in [0.4, 0.5) is 5.69 Å². The van der Waals surface area contributed by atoms with Crippen LogP contribution in [0, 0.1) is 13.8 Å². The van der Waals surface area contributed by atoms with E-state index in [1.54, 1.807) is 0 Å². The Kier molecular flexibility index (Phi) is 2.57. The van der Waals surface area contributed by atoms with E-state index in [9.17, 15) is 0 Å². The Morgan fingerprint density at radius 3 is 2.80 bits per heavy atom. The smallest absolute Gasteiger partial charge is 0.138 e. The third-order valence-corrected chi connectivity index (χ3v) is 4.88. The lowest BCUT2D eigenvalue weighted by molar-refractivity contribution is 0.556. The van der Waals surface area contributed by atoms with E-state index in [0.717, 1.165) is 11.3 Å². The molecule has 2 nitrogen and oxygen atoms in total. The lowest BCUT2D eigenvalue weighted by Gasteiger charge is -2.05. The molecular weight excluding hydrogens is 266 g/mol. The molecular formula is C17H15NOS. The van der Waals surface area contributed by atoms with Crippen molar-refractivity contribution in [2.24, 2.45) is 0 Å². The molecule has 0 aliphatic carbocycles. The van der Waals surface area contributed by atoms with E-state index in [1.165, 1.54) is 27.1 Å². The largest absolute Gasteiger partial charge is 0.458 e. The molecule has 2 aromatic carbocycles. The van der Waals surface area contributed by atoms with Crippen LogP contribution in [0.5, 0.6) is 0 Å². The Bertz CT molecular complexity index is 781. The Balaban J connectivity index is 1.76. The molecule has 1 atom stereocenters. The minimum Gasteiger partial charge on any atom is -0.458 e. The number of aryl methyl sites for hydroxylation is 2. The van der Waals surface area contributed by atoms with Crippen molar-refractivity contribution in [3.8, 4) is 0 Å². The predicted octanol–water partition coefficient (Wildman–Crippen LogP) is 5.27. The van der Waals surface area contributed by atoms with Gasteiger partial charge in [-0.15, -0.1) is 0 Å². The maximum atomic E-state index is 6.06. The van der Waals surface area contributed by atoms with Crippen molar-refractivity contribution < 1.29 is 4.42 Å². The second-order valence-corrected chi connectivity index (χ2v) is 6.43. The Hall–Kier alpha value is -1.87. The summed E-state index contributed by atoms with van der Waals surface area (Å²) >= 11 is 1.81. The highest BCUT2D eigenvalue weighted by Gasteiger charge is 2.25. The summed E-state index contributed by atoms with van der Waals surface area (Å²) in [5, 5.41) is 4.89. The highest BCUT2D eigenvalue weighted by Crippen LogP contribution is 2.47. The highest BCUT2D eigenvalue weighted by molar-refractivity contribution is 8.00. The first-order chi connectivity index (χ1) is 9.70. The molecule has 3 heteroatoms. The SMILES string of the molecule is Cc1cc(C)c2cc(C3Nc4ccccc4S3)oc2c1. The number of hydrogen-bond donors (Lipinski definition) is 1. The van der Waals surface area contributed by atoms with E-state index in [4.69, 9.17) is 4.42 Å². The van der Waals surface area contributed by atoms with Gasteiger partial charge in [0.1, 0.15) is 16.7 Å². The van der Waals surface area contributed by atoms with Gasteiger partial charge in [0.15, 0.2) is 0 Å². The van der Waals surface area contributed by atoms with Crippen LogP contribution in [-0.4, -0.2) is 0 Å². The summed E-state index contributed by atoms with van der Waals surface area (Å²) in [6, 6.07) is 14.9. The zero-order chi connectivity index (χ0) is 13.7. The summed E-state index contributed by atoms with van der Waals surface area (Å²) in [6.45, 7) is 4.24. The summed E-state index contributed by atoms with van der Waals surface area (Å²) in [5.41, 5.74) is 4.69. The van der Waals surface area contributed by atoms with Crippen molar-refractivity contribution in [3.63, 3.8) is 0 Å². The molecule has 1 aliphatic heterocycles. The molecule has 0 saturated carbocycles. The van der Waals surface area contributed by atoms with Crippen LogP contribution in [0.3, 0.4) is 0 Å². The molecule has 2 heterocycles. The number of rotatable bonds is 1. The predicted molar refractivity (Wildman–Crippen MR) is 84.4 cm³/mol. The summed E-state index contributed by atoms with van der Waals surface area (Å²) in [4.78, 5) is 1.28. The number of thioether (sulfide) groups is 1. The molecule has 1 aliphatic rings. The maximum absolute atomic E-state index is 6.06. The molecule has 4 rings (SSSR count). The third kappa shape index (κ3) is 1.81. The van der Waals surface area contributed by atoms with E-state index in [2.05, 4.69) is 61.6 Å². The summed E-state index contributed by atoms with van der Waals surface area (Å²) < 4.78 is 6.06. The first-order valence-electron chi connectivity index (χ1n) is 6.73. The Labute approximate surface area is 122 Å². The first-order valence-corrected chi connectivity index (χ1v) is 7.61. The second-order valence-electron chi connectivity index (χ2n) is 5.28. The number of fused-ring (bicyclic) bond motifs is 2. The standard InChI is InChI=1S/C17H15NOS/c1-10-7-11(2)12-9-15(19-14(12)8-10)17-18-13-5-3-4-6-16(13)20-17/h3-9,17-18H,1-2H3. The van der Waals surface area contributed by atoms with Crippen molar-refractivity contribution in [1.82, 2.24) is 0 Å². The lowest BCUT2D eigenvalue weighted by atomic mass is 10.1. The summed E-state index contributed by atoms with van der Waals surface area (Å²) in [6.07, 6.45) is 0. The lowest BCUT2D eigenvalue weighted by Crippen LogP contribution is -1.98. The highest BCUT2D eigenvalue weighted by atomic mass is 32.2. The number of hydrogen-bond acceptors (Lipinski definition) is 3. The van der Waals surface area contributed by atoms with Crippen molar-refractivity contribution in [3.05, 3.63) is 59.4 Å². The first kappa shape index (κ1) is 11.9. The van der Waals surface area contributed by atoms with Crippen LogP contribution in [0.15, 0.2) is 51.8 Å². The monoisotopic (exact) mass is 281 g/mol. The number of nitrogens with one attached hydrogen (secondary N) is 1. The van der Waals surface area contributed by atoms with E-state index in [0.29, 0.717) is 0 Å². The van der Waals surface area contributed by atoms with E-state index >= 15 is 0 Å². The summed E-state index contributed by atoms with van der Waals surface area (Å²) in [5.74, 6) is 0.995. The Morgan fingerprint density at radius 2 is 1.95 bits per heavy atom. The van der Waals surface area contributed by atoms with Crippen molar-refractivity contribution >= 4 is 28.4 Å². The van der Waals surface area contributed by atoms with Gasteiger partial charge in [-0.2, -0.15) is 0 Å². The van der Waals surface area contributed by atoms with Gasteiger partial charge in [0, 0.05) is 16.0 Å². The van der Waals surface area contributed by atoms with Gasteiger partial charge in [-0.05, 0) is 49.2 Å². The molecule has 0 bridgehead atoms. The molecule has 0 spiro atoms. The number of anilines is 1. The van der Waals surface area contributed by atoms with E-state index in [1.807, 2.05) is 11.8 Å². The number of furan rings is 1. The third-order valence-electron chi connectivity index (χ3n) is 3.68. The van der Waals surface area contributed by atoms with Crippen LogP contribution < -0.4 is 5.32 Å². The fraction of sp³-hybridized carbons (Fsp3) is 0.176. The second kappa shape index (κ2) is 4.32. The molecule has 1 N–H and O–H groups in total. The fourth-order valence-electron chi connectivity index (χ4n) is 2.75. The molecule has 0 saturated heterocycles. The average Bonchev–Trinajstić information content (AvgIpc) is 3.01.